The van der Waals surface area contributed by atoms with Crippen LogP contribution in [0, 0.1) is 0 Å². The number of rotatable bonds is 6. The first-order chi connectivity index (χ1) is 16.4. The number of nitrogens with zero attached hydrogens (tertiary/aromatic N) is 2. The minimum Gasteiger partial charge on any atom is -0.313 e. The van der Waals surface area contributed by atoms with E-state index in [0.717, 1.165) is 9.80 Å². The van der Waals surface area contributed by atoms with E-state index in [1.807, 2.05) is 0 Å². The monoisotopic (exact) mass is 635 g/mol. The van der Waals surface area contributed by atoms with Crippen molar-refractivity contribution in [3.8, 4) is 0 Å². The van der Waals surface area contributed by atoms with Crippen LogP contribution in [0.2, 0.25) is 40.2 Å². The van der Waals surface area contributed by atoms with E-state index < -0.39 is 23.6 Å². The highest BCUT2D eigenvalue weighted by Crippen LogP contribution is 2.46. The second-order valence-electron chi connectivity index (χ2n) is 7.29. The maximum Gasteiger partial charge on any atom is 0.263 e. The van der Waals surface area contributed by atoms with Crippen molar-refractivity contribution >= 4 is 116 Å². The standard InChI is InChI=1S/C20H9Cl8N3O4/c21-9-5-6(10(22)14(26)13(9)25)18(33)30(17(5)32)3-1-29-2-4-31-19(34)7-8(20(31)35)12(24)16(28)15(27)11(7)23/h29H,1-4H2. The molecule has 0 atom stereocenters. The van der Waals surface area contributed by atoms with Crippen LogP contribution in [0.5, 0.6) is 0 Å². The molecule has 0 saturated carbocycles. The minimum absolute atomic E-state index is 0.0563. The van der Waals surface area contributed by atoms with Crippen LogP contribution < -0.4 is 5.32 Å². The molecule has 1 N–H and O–H groups in total. The Morgan fingerprint density at radius 2 is 0.657 bits per heavy atom. The van der Waals surface area contributed by atoms with E-state index in [1.54, 1.807) is 0 Å². The third kappa shape index (κ3) is 4.19. The van der Waals surface area contributed by atoms with Crippen LogP contribution in [0.25, 0.3) is 0 Å². The Kier molecular flexibility index (Phi) is 7.76. The summed E-state index contributed by atoms with van der Waals surface area (Å²) >= 11 is 48.4. The Bertz CT molecular complexity index is 1170. The van der Waals surface area contributed by atoms with Crippen LogP contribution >= 0.6 is 92.8 Å². The predicted molar refractivity (Wildman–Crippen MR) is 137 cm³/mol. The number of imide groups is 2. The van der Waals surface area contributed by atoms with E-state index >= 15 is 0 Å². The molecule has 2 aliphatic heterocycles. The van der Waals surface area contributed by atoms with Crippen molar-refractivity contribution in [1.29, 1.82) is 0 Å². The summed E-state index contributed by atoms with van der Waals surface area (Å²) < 4.78 is 0. The van der Waals surface area contributed by atoms with Crippen LogP contribution in [0.1, 0.15) is 41.4 Å². The minimum atomic E-state index is -0.671. The smallest absolute Gasteiger partial charge is 0.263 e. The second-order valence-corrected chi connectivity index (χ2v) is 10.3. The number of benzene rings is 2. The molecular weight excluding hydrogens is 630 g/mol. The van der Waals surface area contributed by atoms with Gasteiger partial charge < -0.3 is 5.32 Å². The summed E-state index contributed by atoms with van der Waals surface area (Å²) in [4.78, 5) is 52.8. The van der Waals surface area contributed by atoms with Gasteiger partial charge in [-0.2, -0.15) is 0 Å². The average Bonchev–Trinajstić information content (AvgIpc) is 3.22. The highest BCUT2D eigenvalue weighted by atomic mass is 35.5. The van der Waals surface area contributed by atoms with Gasteiger partial charge in [-0.05, 0) is 0 Å². The topological polar surface area (TPSA) is 86.8 Å². The van der Waals surface area contributed by atoms with Crippen molar-refractivity contribution in [3.05, 3.63) is 62.4 Å². The molecule has 184 valence electrons. The van der Waals surface area contributed by atoms with Crippen molar-refractivity contribution in [3.63, 3.8) is 0 Å². The zero-order valence-corrected chi connectivity index (χ0v) is 22.9. The van der Waals surface area contributed by atoms with E-state index in [2.05, 4.69) is 5.32 Å². The van der Waals surface area contributed by atoms with Crippen molar-refractivity contribution in [1.82, 2.24) is 15.1 Å². The van der Waals surface area contributed by atoms with Gasteiger partial charge in [-0.1, -0.05) is 92.8 Å². The molecule has 0 saturated heterocycles. The lowest BCUT2D eigenvalue weighted by Gasteiger charge is -2.16. The first-order valence-corrected chi connectivity index (χ1v) is 12.6. The number of nitrogens with one attached hydrogen (secondary N) is 1. The van der Waals surface area contributed by atoms with Crippen LogP contribution in [0.15, 0.2) is 0 Å². The molecule has 7 nitrogen and oxygen atoms in total. The highest BCUT2D eigenvalue weighted by molar-refractivity contribution is 6.56. The number of fused-ring (bicyclic) bond motifs is 2. The average molecular weight is 639 g/mol. The molecule has 0 spiro atoms. The van der Waals surface area contributed by atoms with E-state index in [0.29, 0.717) is 0 Å². The molecule has 2 aromatic rings. The van der Waals surface area contributed by atoms with Gasteiger partial charge in [-0.15, -0.1) is 0 Å². The number of hydrogen-bond donors (Lipinski definition) is 1. The maximum absolute atomic E-state index is 12.7. The van der Waals surface area contributed by atoms with Crippen molar-refractivity contribution < 1.29 is 19.2 Å². The molecule has 0 aliphatic carbocycles. The molecule has 0 radical (unpaired) electrons. The van der Waals surface area contributed by atoms with Gasteiger partial charge >= 0.3 is 0 Å². The highest BCUT2D eigenvalue weighted by Gasteiger charge is 2.42. The Labute approximate surface area is 238 Å². The first-order valence-electron chi connectivity index (χ1n) is 9.56. The van der Waals surface area contributed by atoms with Gasteiger partial charge in [0.1, 0.15) is 0 Å². The van der Waals surface area contributed by atoms with Gasteiger partial charge in [0.25, 0.3) is 23.6 Å². The molecule has 35 heavy (non-hydrogen) atoms. The van der Waals surface area contributed by atoms with Crippen LogP contribution in [-0.2, 0) is 0 Å². The van der Waals surface area contributed by atoms with Crippen molar-refractivity contribution in [2.75, 3.05) is 26.2 Å². The summed E-state index contributed by atoms with van der Waals surface area (Å²) in [6.07, 6.45) is 0. The van der Waals surface area contributed by atoms with Gasteiger partial charge in [-0.3, -0.25) is 29.0 Å². The van der Waals surface area contributed by atoms with Gasteiger partial charge in [-0.25, -0.2) is 0 Å². The molecule has 15 heteroatoms. The van der Waals surface area contributed by atoms with Gasteiger partial charge in [0.2, 0.25) is 0 Å². The fourth-order valence-corrected chi connectivity index (χ4v) is 5.73. The molecule has 4 rings (SSSR count). The Morgan fingerprint density at radius 1 is 0.429 bits per heavy atom. The Morgan fingerprint density at radius 3 is 0.886 bits per heavy atom. The lowest BCUT2D eigenvalue weighted by atomic mass is 10.1. The molecule has 2 aromatic carbocycles. The van der Waals surface area contributed by atoms with E-state index in [-0.39, 0.29) is 88.6 Å². The number of carbonyl (C=O) groups excluding carboxylic acids is 4. The fourth-order valence-electron chi connectivity index (χ4n) is 3.70. The van der Waals surface area contributed by atoms with Crippen molar-refractivity contribution in [2.24, 2.45) is 0 Å². The lowest BCUT2D eigenvalue weighted by molar-refractivity contribution is 0.0650. The SMILES string of the molecule is O=C1c2c(Cl)c(Cl)c(Cl)c(Cl)c2C(=O)N1CCNCCN1C(=O)c2c(Cl)c(Cl)c(Cl)c(Cl)c2C1=O. The van der Waals surface area contributed by atoms with Gasteiger partial charge in [0.05, 0.1) is 62.4 Å². The number of carbonyl (C=O) groups is 4. The zero-order chi connectivity index (χ0) is 25.9. The molecule has 2 aliphatic rings. The third-order valence-electron chi connectivity index (χ3n) is 5.39. The van der Waals surface area contributed by atoms with Gasteiger partial charge in [0, 0.05) is 26.2 Å². The number of hydrogen-bond acceptors (Lipinski definition) is 5. The van der Waals surface area contributed by atoms with Gasteiger partial charge in [0.15, 0.2) is 0 Å². The van der Waals surface area contributed by atoms with Crippen LogP contribution in [0.4, 0.5) is 0 Å². The summed E-state index contributed by atoms with van der Waals surface area (Å²) in [6, 6.07) is 0. The largest absolute Gasteiger partial charge is 0.313 e. The third-order valence-corrected chi connectivity index (χ3v) is 9.00. The van der Waals surface area contributed by atoms with E-state index in [1.165, 1.54) is 0 Å². The zero-order valence-electron chi connectivity index (χ0n) is 16.9. The molecule has 2 heterocycles. The van der Waals surface area contributed by atoms with Crippen LogP contribution in [0.3, 0.4) is 0 Å². The number of halogens is 8. The molecular formula is C20H9Cl8N3O4. The van der Waals surface area contributed by atoms with Crippen molar-refractivity contribution in [2.45, 2.75) is 0 Å². The molecule has 0 unspecified atom stereocenters. The Balaban J connectivity index is 1.39. The number of amides is 4. The summed E-state index contributed by atoms with van der Waals surface area (Å²) in [6.45, 7) is 0.146. The summed E-state index contributed by atoms with van der Waals surface area (Å²) in [5, 5.41) is 1.82. The first kappa shape index (κ1) is 27.0. The Hall–Kier alpha value is -1.00. The predicted octanol–water partition coefficient (Wildman–Crippen LogP) is 6.40. The fraction of sp³-hybridized carbons (Fsp3) is 0.200. The second kappa shape index (κ2) is 10.0. The quantitative estimate of drug-likeness (QED) is 0.171. The van der Waals surface area contributed by atoms with Crippen LogP contribution in [-0.4, -0.2) is 59.6 Å². The summed E-state index contributed by atoms with van der Waals surface area (Å²) in [5.41, 5.74) is -0.470. The molecule has 0 aromatic heterocycles. The van der Waals surface area contributed by atoms with E-state index in [4.69, 9.17) is 92.8 Å². The molecule has 0 bridgehead atoms. The maximum atomic E-state index is 12.7. The lowest BCUT2D eigenvalue weighted by Crippen LogP contribution is -2.40. The van der Waals surface area contributed by atoms with E-state index in [9.17, 15) is 19.2 Å². The summed E-state index contributed by atoms with van der Waals surface area (Å²) in [5.74, 6) is -2.68. The molecule has 0 fully saturated rings. The normalized spacial score (nSPS) is 15.0. The molecule has 4 amide bonds. The summed E-state index contributed by atoms with van der Waals surface area (Å²) in [7, 11) is 0.